The van der Waals surface area contributed by atoms with Gasteiger partial charge in [-0.2, -0.15) is 0 Å². The first-order chi connectivity index (χ1) is 17.4. The van der Waals surface area contributed by atoms with Crippen molar-refractivity contribution < 1.29 is 0 Å². The number of pyridine rings is 1. The van der Waals surface area contributed by atoms with Gasteiger partial charge in [0.15, 0.2) is 5.52 Å². The zero-order valence-corrected chi connectivity index (χ0v) is 20.6. The third-order valence-electron chi connectivity index (χ3n) is 6.69. The molecule has 10 nitrogen and oxygen atoms in total. The number of aromatic nitrogens is 5. The average Bonchev–Trinajstić information content (AvgIpc) is 3.26. The number of nitrogens with zero attached hydrogens (tertiary/aromatic N) is 6. The monoisotopic (exact) mass is 486 g/mol. The van der Waals surface area contributed by atoms with E-state index in [1.54, 1.807) is 11.5 Å². The van der Waals surface area contributed by atoms with Crippen LogP contribution < -0.4 is 27.5 Å². The molecule has 0 saturated carbocycles. The fourth-order valence-corrected chi connectivity index (χ4v) is 5.03. The van der Waals surface area contributed by atoms with Gasteiger partial charge in [-0.25, -0.2) is 14.3 Å². The van der Waals surface area contributed by atoms with Gasteiger partial charge in [0, 0.05) is 30.2 Å². The molecule has 4 heterocycles. The van der Waals surface area contributed by atoms with Crippen LogP contribution in [0.25, 0.3) is 21.8 Å². The maximum absolute atomic E-state index is 14.0. The van der Waals surface area contributed by atoms with Gasteiger partial charge in [-0.05, 0) is 38.1 Å². The second-order valence-corrected chi connectivity index (χ2v) is 9.15. The van der Waals surface area contributed by atoms with E-state index >= 15 is 0 Å². The molecule has 1 fully saturated rings. The van der Waals surface area contributed by atoms with Crippen molar-refractivity contribution in [3.8, 4) is 11.8 Å². The Hall–Kier alpha value is -3.94. The van der Waals surface area contributed by atoms with E-state index in [4.69, 9.17) is 16.5 Å². The molecule has 1 aliphatic rings. The molecule has 4 aromatic rings. The van der Waals surface area contributed by atoms with Crippen LogP contribution in [0, 0.1) is 18.8 Å². The first kappa shape index (κ1) is 23.8. The Morgan fingerprint density at radius 2 is 1.94 bits per heavy atom. The Morgan fingerprint density at radius 3 is 2.69 bits per heavy atom. The lowest BCUT2D eigenvalue weighted by atomic mass is 10.1. The van der Waals surface area contributed by atoms with Gasteiger partial charge < -0.3 is 16.4 Å². The summed E-state index contributed by atoms with van der Waals surface area (Å²) in [5.41, 5.74) is 13.3. The summed E-state index contributed by atoms with van der Waals surface area (Å²) in [6.45, 7) is 5.16. The third-order valence-corrected chi connectivity index (χ3v) is 6.69. The average molecular weight is 487 g/mol. The van der Waals surface area contributed by atoms with Gasteiger partial charge in [0.1, 0.15) is 5.52 Å². The maximum atomic E-state index is 14.0. The highest BCUT2D eigenvalue weighted by molar-refractivity contribution is 5.85. The molecular formula is C26H30N8O2. The molecule has 5 rings (SSSR count). The van der Waals surface area contributed by atoms with Crippen LogP contribution in [0.2, 0.25) is 0 Å². The molecule has 1 atom stereocenters. The number of nitrogens with two attached hydrogens (primary N) is 2. The summed E-state index contributed by atoms with van der Waals surface area (Å²) in [6, 6.07) is 9.85. The smallest absolute Gasteiger partial charge is 0.294 e. The Morgan fingerprint density at radius 1 is 1.14 bits per heavy atom. The molecule has 3 aromatic heterocycles. The summed E-state index contributed by atoms with van der Waals surface area (Å²) >= 11 is 0. The first-order valence-corrected chi connectivity index (χ1v) is 12.1. The van der Waals surface area contributed by atoms with Crippen LogP contribution in [0.5, 0.6) is 0 Å². The zero-order valence-electron chi connectivity index (χ0n) is 20.6. The number of hydrogen-bond donors (Lipinski definition) is 2. The van der Waals surface area contributed by atoms with Gasteiger partial charge >= 0.3 is 0 Å². The fourth-order valence-electron chi connectivity index (χ4n) is 5.03. The number of rotatable bonds is 5. The van der Waals surface area contributed by atoms with Crippen LogP contribution in [0.4, 0.5) is 5.95 Å². The predicted octanol–water partition coefficient (Wildman–Crippen LogP) is 1.13. The van der Waals surface area contributed by atoms with Gasteiger partial charge in [0.05, 0.1) is 25.5 Å². The van der Waals surface area contributed by atoms with E-state index in [1.165, 1.54) is 9.36 Å². The lowest BCUT2D eigenvalue weighted by molar-refractivity contribution is 0.447. The third kappa shape index (κ3) is 4.06. The van der Waals surface area contributed by atoms with Crippen molar-refractivity contribution in [2.24, 2.45) is 11.5 Å². The van der Waals surface area contributed by atoms with E-state index in [0.29, 0.717) is 18.2 Å². The lowest BCUT2D eigenvalue weighted by Gasteiger charge is -2.31. The van der Waals surface area contributed by atoms with Crippen molar-refractivity contribution in [2.45, 2.75) is 52.5 Å². The second-order valence-electron chi connectivity index (χ2n) is 9.15. The molecule has 0 radical (unpaired) electrons. The summed E-state index contributed by atoms with van der Waals surface area (Å²) in [5.74, 6) is 6.45. The molecule has 0 amide bonds. The normalized spacial score (nSPS) is 15.9. The van der Waals surface area contributed by atoms with Crippen molar-refractivity contribution in [1.29, 1.82) is 0 Å². The predicted molar refractivity (Wildman–Crippen MR) is 141 cm³/mol. The number of hydrogen-bond acceptors (Lipinski definition) is 7. The Kier molecular flexibility index (Phi) is 6.35. The summed E-state index contributed by atoms with van der Waals surface area (Å²) in [5, 5.41) is 1.93. The summed E-state index contributed by atoms with van der Waals surface area (Å²) < 4.78 is 4.37. The van der Waals surface area contributed by atoms with Gasteiger partial charge in [0.2, 0.25) is 5.95 Å². The first-order valence-electron chi connectivity index (χ1n) is 12.1. The highest BCUT2D eigenvalue weighted by atomic mass is 16.2. The molecule has 1 aromatic carbocycles. The van der Waals surface area contributed by atoms with Gasteiger partial charge in [0.25, 0.3) is 11.1 Å². The molecule has 0 spiro atoms. The number of fused-ring (bicyclic) bond motifs is 2. The fraction of sp³-hybridized carbons (Fsp3) is 0.385. The van der Waals surface area contributed by atoms with Crippen LogP contribution in [0.3, 0.4) is 0 Å². The number of benzene rings is 1. The highest BCUT2D eigenvalue weighted by Crippen LogP contribution is 2.23. The van der Waals surface area contributed by atoms with Crippen LogP contribution in [-0.4, -0.2) is 43.0 Å². The maximum Gasteiger partial charge on any atom is 0.294 e. The number of anilines is 1. The molecule has 1 unspecified atom stereocenters. The van der Waals surface area contributed by atoms with Crippen molar-refractivity contribution in [3.05, 3.63) is 62.4 Å². The topological polar surface area (TPSA) is 130 Å². The van der Waals surface area contributed by atoms with E-state index in [9.17, 15) is 9.59 Å². The number of imidazole rings is 1. The van der Waals surface area contributed by atoms with Crippen LogP contribution >= 0.6 is 0 Å². The van der Waals surface area contributed by atoms with Crippen molar-refractivity contribution >= 4 is 27.8 Å². The minimum absolute atomic E-state index is 0.00213. The number of piperidine rings is 1. The lowest BCUT2D eigenvalue weighted by Crippen LogP contribution is -2.44. The van der Waals surface area contributed by atoms with Crippen molar-refractivity contribution in [1.82, 2.24) is 23.9 Å². The molecule has 36 heavy (non-hydrogen) atoms. The van der Waals surface area contributed by atoms with Crippen LogP contribution in [-0.2, 0) is 19.8 Å². The van der Waals surface area contributed by atoms with E-state index < -0.39 is 5.56 Å². The van der Waals surface area contributed by atoms with Gasteiger partial charge in [-0.3, -0.25) is 19.1 Å². The Balaban J connectivity index is 1.75. The van der Waals surface area contributed by atoms with E-state index in [2.05, 4.69) is 16.8 Å². The second kappa shape index (κ2) is 9.60. The summed E-state index contributed by atoms with van der Waals surface area (Å²) in [4.78, 5) is 39.0. The van der Waals surface area contributed by atoms with E-state index in [0.717, 1.165) is 35.9 Å². The van der Waals surface area contributed by atoms with E-state index in [-0.39, 0.29) is 42.4 Å². The largest absolute Gasteiger partial charge is 0.341 e. The quantitative estimate of drug-likeness (QED) is 0.405. The SMILES string of the molecule is CC#CCn1c(N2CCCC(N)C2)nc2c(=O)n(CN)n(Cc3nc(C)cc4ccccc34)c(=O)c21. The van der Waals surface area contributed by atoms with Crippen molar-refractivity contribution in [2.75, 3.05) is 18.0 Å². The molecule has 4 N–H and O–H groups in total. The van der Waals surface area contributed by atoms with Crippen molar-refractivity contribution in [3.63, 3.8) is 0 Å². The molecule has 10 heteroatoms. The van der Waals surface area contributed by atoms with Gasteiger partial charge in [-0.1, -0.05) is 30.2 Å². The molecule has 186 valence electrons. The highest BCUT2D eigenvalue weighted by Gasteiger charge is 2.27. The van der Waals surface area contributed by atoms with Crippen LogP contribution in [0.1, 0.15) is 31.2 Å². The molecular weight excluding hydrogens is 456 g/mol. The Labute approximate surface area is 208 Å². The summed E-state index contributed by atoms with van der Waals surface area (Å²) in [6.07, 6.45) is 1.84. The zero-order chi connectivity index (χ0) is 25.4. The van der Waals surface area contributed by atoms with Crippen LogP contribution in [0.15, 0.2) is 39.9 Å². The molecule has 0 bridgehead atoms. The summed E-state index contributed by atoms with van der Waals surface area (Å²) in [7, 11) is 0. The standard InChI is InChI=1S/C26H30N8O2/c1-3-4-12-32-23-22(30-26(32)31-11-7-9-19(28)14-31)24(35)34(16-27)33(25(23)36)15-21-20-10-6-5-8-18(20)13-17(2)29-21/h5-6,8,10,13,19H,7,9,11-12,14-16,27-28H2,1-2H3. The number of aryl methyl sites for hydroxylation is 1. The molecule has 0 aliphatic carbocycles. The molecule has 1 aliphatic heterocycles. The minimum atomic E-state index is -0.421. The Bertz CT molecular complexity index is 1640. The molecule has 1 saturated heterocycles. The van der Waals surface area contributed by atoms with E-state index in [1.807, 2.05) is 42.2 Å². The minimum Gasteiger partial charge on any atom is -0.341 e. The van der Waals surface area contributed by atoms with Gasteiger partial charge in [-0.15, -0.1) is 5.92 Å².